The Labute approximate surface area is 127 Å². The lowest BCUT2D eigenvalue weighted by Crippen LogP contribution is -2.37. The standard InChI is InChI=1S/C16H15ClN2O2/c17-11-3-1-2-4-12(11)18-8-19-15(20)13-9-5-6-10(7-9)14(13)16(19)21/h1-6,9-10,13-14,18H,7-8H2/t9-,10+,13-,14-/m0/s1. The zero-order chi connectivity index (χ0) is 14.6. The number of anilines is 1. The Balaban J connectivity index is 1.51. The summed E-state index contributed by atoms with van der Waals surface area (Å²) in [6.07, 6.45) is 5.16. The van der Waals surface area contributed by atoms with Gasteiger partial charge in [0.1, 0.15) is 0 Å². The minimum atomic E-state index is -0.138. The molecular weight excluding hydrogens is 288 g/mol. The van der Waals surface area contributed by atoms with Gasteiger partial charge in [0.05, 0.1) is 29.2 Å². The first-order valence-corrected chi connectivity index (χ1v) is 7.56. The van der Waals surface area contributed by atoms with Gasteiger partial charge in [-0.1, -0.05) is 35.9 Å². The number of hydrogen-bond donors (Lipinski definition) is 1. The summed E-state index contributed by atoms with van der Waals surface area (Å²) in [5.41, 5.74) is 0.734. The number of allylic oxidation sites excluding steroid dienone is 2. The summed E-state index contributed by atoms with van der Waals surface area (Å²) in [7, 11) is 0. The maximum Gasteiger partial charge on any atom is 0.235 e. The van der Waals surface area contributed by atoms with Crippen LogP contribution < -0.4 is 5.32 Å². The first kappa shape index (κ1) is 12.9. The lowest BCUT2D eigenvalue weighted by Gasteiger charge is -2.18. The summed E-state index contributed by atoms with van der Waals surface area (Å²) in [6, 6.07) is 7.31. The third-order valence-electron chi connectivity index (χ3n) is 4.86. The van der Waals surface area contributed by atoms with Crippen molar-refractivity contribution in [3.8, 4) is 0 Å². The van der Waals surface area contributed by atoms with E-state index < -0.39 is 0 Å². The van der Waals surface area contributed by atoms with Gasteiger partial charge in [-0.25, -0.2) is 0 Å². The number of nitrogens with one attached hydrogen (secondary N) is 1. The molecule has 2 aliphatic carbocycles. The Morgan fingerprint density at radius 1 is 1.10 bits per heavy atom. The number of benzene rings is 1. The molecule has 4 nitrogen and oxygen atoms in total. The Bertz CT molecular complexity index is 627. The average molecular weight is 303 g/mol. The van der Waals surface area contributed by atoms with Crippen LogP contribution in [0.2, 0.25) is 5.02 Å². The predicted octanol–water partition coefficient (Wildman–Crippen LogP) is 2.52. The monoisotopic (exact) mass is 302 g/mol. The smallest absolute Gasteiger partial charge is 0.235 e. The van der Waals surface area contributed by atoms with Crippen LogP contribution in [0.1, 0.15) is 6.42 Å². The molecule has 1 aromatic rings. The summed E-state index contributed by atoms with van der Waals surface area (Å²) < 4.78 is 0. The molecule has 2 fully saturated rings. The molecule has 4 atom stereocenters. The van der Waals surface area contributed by atoms with Gasteiger partial charge in [-0.3, -0.25) is 14.5 Å². The van der Waals surface area contributed by atoms with Crippen LogP contribution in [0.15, 0.2) is 36.4 Å². The molecule has 1 saturated carbocycles. The van der Waals surface area contributed by atoms with Crippen LogP contribution in [-0.2, 0) is 9.59 Å². The summed E-state index contributed by atoms with van der Waals surface area (Å²) in [5, 5.41) is 3.67. The fourth-order valence-corrected chi connectivity index (χ4v) is 4.09. The van der Waals surface area contributed by atoms with E-state index in [4.69, 9.17) is 11.6 Å². The van der Waals surface area contributed by atoms with Gasteiger partial charge in [-0.05, 0) is 30.4 Å². The Morgan fingerprint density at radius 2 is 1.71 bits per heavy atom. The molecule has 21 heavy (non-hydrogen) atoms. The molecule has 1 aromatic carbocycles. The summed E-state index contributed by atoms with van der Waals surface area (Å²) in [4.78, 5) is 26.3. The van der Waals surface area contributed by atoms with Crippen molar-refractivity contribution in [1.29, 1.82) is 0 Å². The lowest BCUT2D eigenvalue weighted by atomic mass is 9.85. The van der Waals surface area contributed by atoms with Crippen molar-refractivity contribution in [3.63, 3.8) is 0 Å². The minimum Gasteiger partial charge on any atom is -0.366 e. The highest BCUT2D eigenvalue weighted by Gasteiger charge is 2.59. The number of hydrogen-bond acceptors (Lipinski definition) is 3. The molecule has 1 saturated heterocycles. The predicted molar refractivity (Wildman–Crippen MR) is 79.5 cm³/mol. The van der Waals surface area contributed by atoms with Crippen molar-refractivity contribution in [1.82, 2.24) is 4.90 Å². The van der Waals surface area contributed by atoms with Crippen LogP contribution in [0.3, 0.4) is 0 Å². The molecular formula is C16H15ClN2O2. The first-order valence-electron chi connectivity index (χ1n) is 7.19. The van der Waals surface area contributed by atoms with E-state index in [2.05, 4.69) is 17.5 Å². The fourth-order valence-electron chi connectivity index (χ4n) is 3.89. The summed E-state index contributed by atoms with van der Waals surface area (Å²) >= 11 is 6.07. The van der Waals surface area contributed by atoms with Crippen LogP contribution in [-0.4, -0.2) is 23.4 Å². The number of nitrogens with zero attached hydrogens (tertiary/aromatic N) is 1. The van der Waals surface area contributed by atoms with E-state index >= 15 is 0 Å². The Kier molecular flexibility index (Phi) is 2.82. The summed E-state index contributed by atoms with van der Waals surface area (Å²) in [6.45, 7) is 0.188. The minimum absolute atomic E-state index is 0.0404. The van der Waals surface area contributed by atoms with E-state index in [0.717, 1.165) is 12.1 Å². The van der Waals surface area contributed by atoms with Gasteiger partial charge in [0.25, 0.3) is 0 Å². The third kappa shape index (κ3) is 1.82. The zero-order valence-corrected chi connectivity index (χ0v) is 12.1. The van der Waals surface area contributed by atoms with Crippen LogP contribution in [0, 0.1) is 23.7 Å². The van der Waals surface area contributed by atoms with E-state index in [0.29, 0.717) is 5.02 Å². The molecule has 1 aliphatic heterocycles. The van der Waals surface area contributed by atoms with Gasteiger partial charge in [0.15, 0.2) is 0 Å². The number of carbonyl (C=O) groups excluding carboxylic acids is 2. The lowest BCUT2D eigenvalue weighted by molar-refractivity contribution is -0.140. The van der Waals surface area contributed by atoms with E-state index in [1.807, 2.05) is 18.2 Å². The zero-order valence-electron chi connectivity index (χ0n) is 11.3. The molecule has 2 bridgehead atoms. The maximum atomic E-state index is 12.5. The van der Waals surface area contributed by atoms with Gasteiger partial charge in [0.2, 0.25) is 11.8 Å². The highest BCUT2D eigenvalue weighted by atomic mass is 35.5. The number of carbonyl (C=O) groups is 2. The van der Waals surface area contributed by atoms with Crippen LogP contribution in [0.25, 0.3) is 0 Å². The molecule has 0 unspecified atom stereocenters. The van der Waals surface area contributed by atoms with Gasteiger partial charge < -0.3 is 5.32 Å². The SMILES string of the molecule is O=C1[C@@H]2[C@@H](C(=O)N1CNc1ccccc1Cl)[C@H]1C=C[C@@H]2C1. The molecule has 3 aliphatic rings. The van der Waals surface area contributed by atoms with Crippen molar-refractivity contribution < 1.29 is 9.59 Å². The second-order valence-corrected chi connectivity index (χ2v) is 6.33. The molecule has 1 N–H and O–H groups in total. The van der Waals surface area contributed by atoms with Gasteiger partial charge >= 0.3 is 0 Å². The average Bonchev–Trinajstić information content (AvgIpc) is 3.14. The van der Waals surface area contributed by atoms with E-state index in [1.165, 1.54) is 4.90 Å². The highest BCUT2D eigenvalue weighted by Crippen LogP contribution is 2.52. The Hall–Kier alpha value is -1.81. The number of halogens is 1. The van der Waals surface area contributed by atoms with Crippen LogP contribution in [0.4, 0.5) is 5.69 Å². The number of rotatable bonds is 3. The van der Waals surface area contributed by atoms with Crippen molar-refractivity contribution in [2.75, 3.05) is 12.0 Å². The van der Waals surface area contributed by atoms with E-state index in [9.17, 15) is 9.59 Å². The highest BCUT2D eigenvalue weighted by molar-refractivity contribution is 6.33. The van der Waals surface area contributed by atoms with Gasteiger partial charge in [-0.15, -0.1) is 0 Å². The quantitative estimate of drug-likeness (QED) is 0.689. The number of likely N-dealkylation sites (tertiary alicyclic amines) is 1. The van der Waals surface area contributed by atoms with Crippen molar-refractivity contribution in [2.45, 2.75) is 6.42 Å². The number of para-hydroxylation sites is 1. The number of amides is 2. The second-order valence-electron chi connectivity index (χ2n) is 5.92. The van der Waals surface area contributed by atoms with Crippen molar-refractivity contribution >= 4 is 29.1 Å². The molecule has 0 spiro atoms. The normalized spacial score (nSPS) is 32.9. The van der Waals surface area contributed by atoms with Crippen molar-refractivity contribution in [3.05, 3.63) is 41.4 Å². The fraction of sp³-hybridized carbons (Fsp3) is 0.375. The van der Waals surface area contributed by atoms with E-state index in [-0.39, 0.29) is 42.2 Å². The molecule has 108 valence electrons. The molecule has 1 heterocycles. The number of fused-ring (bicyclic) bond motifs is 5. The van der Waals surface area contributed by atoms with E-state index in [1.54, 1.807) is 6.07 Å². The summed E-state index contributed by atoms with van der Waals surface area (Å²) in [5.74, 6) is 0.146. The van der Waals surface area contributed by atoms with Gasteiger partial charge in [-0.2, -0.15) is 0 Å². The maximum absolute atomic E-state index is 12.5. The van der Waals surface area contributed by atoms with Gasteiger partial charge in [0, 0.05) is 0 Å². The largest absolute Gasteiger partial charge is 0.366 e. The second kappa shape index (κ2) is 4.60. The van der Waals surface area contributed by atoms with Crippen LogP contribution >= 0.6 is 11.6 Å². The first-order chi connectivity index (χ1) is 10.2. The number of imide groups is 1. The molecule has 2 amide bonds. The topological polar surface area (TPSA) is 49.4 Å². The molecule has 0 radical (unpaired) electrons. The molecule has 0 aromatic heterocycles. The molecule has 5 heteroatoms. The van der Waals surface area contributed by atoms with Crippen LogP contribution in [0.5, 0.6) is 0 Å². The van der Waals surface area contributed by atoms with Crippen molar-refractivity contribution in [2.24, 2.45) is 23.7 Å². The third-order valence-corrected chi connectivity index (χ3v) is 5.19. The Morgan fingerprint density at radius 3 is 2.33 bits per heavy atom. The molecule has 4 rings (SSSR count).